The van der Waals surface area contributed by atoms with Gasteiger partial charge in [0.25, 0.3) is 10.0 Å². The van der Waals surface area contributed by atoms with E-state index in [4.69, 9.17) is 11.6 Å². The van der Waals surface area contributed by atoms with Crippen LogP contribution in [0, 0.1) is 13.8 Å². The van der Waals surface area contributed by atoms with Gasteiger partial charge in [0, 0.05) is 18.1 Å². The molecular formula is C31H38ClN3O4S. The summed E-state index contributed by atoms with van der Waals surface area (Å²) >= 11 is 6.01. The highest BCUT2D eigenvalue weighted by molar-refractivity contribution is 7.92. The molecule has 0 spiro atoms. The smallest absolute Gasteiger partial charge is 0.264 e. The number of hydrogen-bond donors (Lipinski definition) is 1. The lowest BCUT2D eigenvalue weighted by atomic mass is 10.1. The van der Waals surface area contributed by atoms with Gasteiger partial charge in [0.05, 0.1) is 10.6 Å². The second-order valence-corrected chi connectivity index (χ2v) is 12.2. The van der Waals surface area contributed by atoms with E-state index in [1.54, 1.807) is 19.1 Å². The van der Waals surface area contributed by atoms with Crippen LogP contribution in [0.1, 0.15) is 43.4 Å². The first kappa shape index (κ1) is 31.2. The van der Waals surface area contributed by atoms with E-state index in [0.717, 1.165) is 33.8 Å². The fourth-order valence-corrected chi connectivity index (χ4v) is 5.78. The summed E-state index contributed by atoms with van der Waals surface area (Å²) in [4.78, 5) is 28.4. The van der Waals surface area contributed by atoms with Crippen LogP contribution in [0.4, 0.5) is 5.69 Å². The van der Waals surface area contributed by atoms with Crippen LogP contribution in [0.2, 0.25) is 5.02 Å². The number of anilines is 1. The lowest BCUT2D eigenvalue weighted by molar-refractivity contribution is -0.138. The number of benzene rings is 3. The molecule has 0 bridgehead atoms. The van der Waals surface area contributed by atoms with Gasteiger partial charge in [-0.3, -0.25) is 13.9 Å². The molecule has 3 rings (SSSR count). The van der Waals surface area contributed by atoms with Gasteiger partial charge in [-0.1, -0.05) is 61.3 Å². The molecule has 2 amide bonds. The van der Waals surface area contributed by atoms with E-state index < -0.39 is 28.5 Å². The van der Waals surface area contributed by atoms with Crippen LogP contribution >= 0.6 is 11.6 Å². The summed E-state index contributed by atoms with van der Waals surface area (Å²) in [5, 5.41) is 3.31. The van der Waals surface area contributed by atoms with E-state index in [1.807, 2.05) is 57.2 Å². The quantitative estimate of drug-likeness (QED) is 0.268. The number of nitrogens with one attached hydrogen (secondary N) is 1. The first-order valence-electron chi connectivity index (χ1n) is 13.5. The lowest BCUT2D eigenvalue weighted by Crippen LogP contribution is -2.52. The SMILES string of the molecule is CCCCNC(=O)[C@@H](C)N(CCc1ccccc1)C(=O)CN(c1ccc(C)c(C)c1)S(=O)(=O)c1ccc(Cl)cc1. The molecule has 0 unspecified atom stereocenters. The zero-order valence-corrected chi connectivity index (χ0v) is 25.1. The second-order valence-electron chi connectivity index (χ2n) is 9.88. The molecule has 0 aliphatic heterocycles. The van der Waals surface area contributed by atoms with Crippen molar-refractivity contribution in [1.82, 2.24) is 10.2 Å². The Bertz CT molecular complexity index is 1400. The standard InChI is InChI=1S/C31H38ClN3O4S/c1-5-6-19-33-31(37)25(4)34(20-18-26-10-8-7-9-11-26)30(36)22-35(28-15-12-23(2)24(3)21-28)40(38,39)29-16-13-27(32)14-17-29/h7-17,21,25H,5-6,18-20,22H2,1-4H3,(H,33,37)/t25-/m1/s1. The van der Waals surface area contributed by atoms with Crippen LogP contribution in [0.15, 0.2) is 77.7 Å². The normalized spacial score (nSPS) is 12.0. The number of aryl methyl sites for hydroxylation is 2. The molecule has 0 aliphatic carbocycles. The molecule has 214 valence electrons. The van der Waals surface area contributed by atoms with Crippen molar-refractivity contribution in [3.8, 4) is 0 Å². The molecule has 9 heteroatoms. The molecule has 3 aromatic carbocycles. The summed E-state index contributed by atoms with van der Waals surface area (Å²) in [6.45, 7) is 7.85. The van der Waals surface area contributed by atoms with Gasteiger partial charge in [0.1, 0.15) is 12.6 Å². The van der Waals surface area contributed by atoms with Crippen molar-refractivity contribution in [1.29, 1.82) is 0 Å². The maximum Gasteiger partial charge on any atom is 0.264 e. The van der Waals surface area contributed by atoms with E-state index >= 15 is 0 Å². The fourth-order valence-electron chi connectivity index (χ4n) is 4.25. The van der Waals surface area contributed by atoms with Gasteiger partial charge >= 0.3 is 0 Å². The van der Waals surface area contributed by atoms with E-state index in [1.165, 1.54) is 29.2 Å². The summed E-state index contributed by atoms with van der Waals surface area (Å²) in [5.41, 5.74) is 3.28. The summed E-state index contributed by atoms with van der Waals surface area (Å²) in [5.74, 6) is -0.738. The monoisotopic (exact) mass is 583 g/mol. The predicted molar refractivity (Wildman–Crippen MR) is 161 cm³/mol. The zero-order valence-electron chi connectivity index (χ0n) is 23.6. The van der Waals surface area contributed by atoms with Gasteiger partial charge in [0.2, 0.25) is 11.8 Å². The Hall–Kier alpha value is -3.36. The molecule has 1 N–H and O–H groups in total. The Labute approximate surface area is 243 Å². The molecule has 3 aromatic rings. The number of unbranched alkanes of at least 4 members (excludes halogenated alkanes) is 1. The average Bonchev–Trinajstić information content (AvgIpc) is 2.94. The van der Waals surface area contributed by atoms with Gasteiger partial charge in [-0.2, -0.15) is 0 Å². The van der Waals surface area contributed by atoms with Crippen molar-refractivity contribution in [3.05, 3.63) is 94.5 Å². The number of carbonyl (C=O) groups excluding carboxylic acids is 2. The first-order valence-corrected chi connectivity index (χ1v) is 15.3. The molecule has 0 saturated heterocycles. The Kier molecular flexibility index (Phi) is 11.2. The number of halogens is 1. The third-order valence-electron chi connectivity index (χ3n) is 6.94. The predicted octanol–water partition coefficient (Wildman–Crippen LogP) is 5.53. The number of hydrogen-bond acceptors (Lipinski definition) is 4. The maximum absolute atomic E-state index is 13.9. The Balaban J connectivity index is 1.97. The maximum atomic E-state index is 13.9. The average molecular weight is 584 g/mol. The minimum absolute atomic E-state index is 0.0177. The molecule has 0 heterocycles. The van der Waals surface area contributed by atoms with Crippen LogP contribution in [0.3, 0.4) is 0 Å². The van der Waals surface area contributed by atoms with Crippen molar-refractivity contribution in [2.45, 2.75) is 57.9 Å². The Morgan fingerprint density at radius 1 is 0.950 bits per heavy atom. The van der Waals surface area contributed by atoms with Gasteiger partial charge in [-0.25, -0.2) is 8.42 Å². The first-order chi connectivity index (χ1) is 19.0. The molecule has 0 radical (unpaired) electrons. The second kappa shape index (κ2) is 14.3. The Morgan fingerprint density at radius 3 is 2.25 bits per heavy atom. The summed E-state index contributed by atoms with van der Waals surface area (Å²) in [7, 11) is -4.13. The van der Waals surface area contributed by atoms with Gasteiger partial charge in [-0.15, -0.1) is 0 Å². The van der Waals surface area contributed by atoms with E-state index in [9.17, 15) is 18.0 Å². The molecule has 0 saturated carbocycles. The molecular weight excluding hydrogens is 546 g/mol. The van der Waals surface area contributed by atoms with Crippen molar-refractivity contribution < 1.29 is 18.0 Å². The summed E-state index contributed by atoms with van der Waals surface area (Å²) in [6, 6.07) is 20.0. The van der Waals surface area contributed by atoms with Gasteiger partial charge < -0.3 is 10.2 Å². The van der Waals surface area contributed by atoms with Crippen molar-refractivity contribution in [3.63, 3.8) is 0 Å². The number of nitrogens with zero attached hydrogens (tertiary/aromatic N) is 2. The van der Waals surface area contributed by atoms with Gasteiger partial charge in [0.15, 0.2) is 0 Å². The van der Waals surface area contributed by atoms with Crippen LogP contribution in [-0.4, -0.2) is 50.8 Å². The third kappa shape index (κ3) is 8.08. The summed E-state index contributed by atoms with van der Waals surface area (Å²) in [6.07, 6.45) is 2.28. The summed E-state index contributed by atoms with van der Waals surface area (Å²) < 4.78 is 28.9. The Morgan fingerprint density at radius 2 is 1.62 bits per heavy atom. The third-order valence-corrected chi connectivity index (χ3v) is 8.98. The topological polar surface area (TPSA) is 86.8 Å². The largest absolute Gasteiger partial charge is 0.354 e. The minimum atomic E-state index is -4.13. The highest BCUT2D eigenvalue weighted by Gasteiger charge is 2.32. The number of rotatable bonds is 13. The number of sulfonamides is 1. The molecule has 1 atom stereocenters. The molecule has 7 nitrogen and oxygen atoms in total. The van der Waals surface area contributed by atoms with Crippen molar-refractivity contribution in [2.75, 3.05) is 23.9 Å². The van der Waals surface area contributed by atoms with Crippen LogP contribution in [0.25, 0.3) is 0 Å². The molecule has 0 aliphatic rings. The zero-order chi connectivity index (χ0) is 29.3. The van der Waals surface area contributed by atoms with E-state index in [2.05, 4.69) is 5.32 Å². The van der Waals surface area contributed by atoms with E-state index in [0.29, 0.717) is 23.7 Å². The number of carbonyl (C=O) groups is 2. The van der Waals surface area contributed by atoms with E-state index in [-0.39, 0.29) is 17.3 Å². The molecule has 0 fully saturated rings. The van der Waals surface area contributed by atoms with Gasteiger partial charge in [-0.05, 0) is 86.7 Å². The fraction of sp³-hybridized carbons (Fsp3) is 0.355. The van der Waals surface area contributed by atoms with Crippen LogP contribution in [-0.2, 0) is 26.0 Å². The minimum Gasteiger partial charge on any atom is -0.354 e. The highest BCUT2D eigenvalue weighted by Crippen LogP contribution is 2.27. The van der Waals surface area contributed by atoms with Crippen LogP contribution in [0.5, 0.6) is 0 Å². The lowest BCUT2D eigenvalue weighted by Gasteiger charge is -2.32. The van der Waals surface area contributed by atoms with Crippen molar-refractivity contribution >= 4 is 39.1 Å². The van der Waals surface area contributed by atoms with Crippen LogP contribution < -0.4 is 9.62 Å². The highest BCUT2D eigenvalue weighted by atomic mass is 35.5. The molecule has 0 aromatic heterocycles. The molecule has 40 heavy (non-hydrogen) atoms. The number of amides is 2. The van der Waals surface area contributed by atoms with Crippen molar-refractivity contribution in [2.24, 2.45) is 0 Å².